The van der Waals surface area contributed by atoms with E-state index in [-0.39, 0.29) is 23.5 Å². The SMILES string of the molecule is CCC(=O)C(NC(=O)c1ccc(C(N)=NO)cn1)(OC1CCNCC1)C(=O)O. The molecule has 1 aromatic heterocycles. The van der Waals surface area contributed by atoms with Gasteiger partial charge < -0.3 is 31.4 Å². The predicted octanol–water partition coefficient (Wildman–Crippen LogP) is -0.565. The third-order valence-corrected chi connectivity index (χ3v) is 4.33. The predicted molar refractivity (Wildman–Crippen MR) is 96.9 cm³/mol. The van der Waals surface area contributed by atoms with Gasteiger partial charge in [0.25, 0.3) is 5.91 Å². The number of carbonyl (C=O) groups excluding carboxylic acids is 2. The van der Waals surface area contributed by atoms with Gasteiger partial charge in [0.15, 0.2) is 11.6 Å². The van der Waals surface area contributed by atoms with Crippen molar-refractivity contribution in [3.63, 3.8) is 0 Å². The summed E-state index contributed by atoms with van der Waals surface area (Å²) < 4.78 is 5.64. The quantitative estimate of drug-likeness (QED) is 0.0967. The average Bonchev–Trinajstić information content (AvgIpc) is 2.72. The number of pyridine rings is 1. The molecule has 0 spiro atoms. The maximum Gasteiger partial charge on any atom is 0.365 e. The Morgan fingerprint density at radius 2 is 2.07 bits per heavy atom. The third-order valence-electron chi connectivity index (χ3n) is 4.33. The van der Waals surface area contributed by atoms with Crippen LogP contribution in [0.25, 0.3) is 0 Å². The molecule has 11 nitrogen and oxygen atoms in total. The molecule has 1 saturated heterocycles. The van der Waals surface area contributed by atoms with Crippen molar-refractivity contribution in [3.8, 4) is 0 Å². The smallest absolute Gasteiger partial charge is 0.365 e. The molecule has 0 aliphatic carbocycles. The first-order chi connectivity index (χ1) is 13.3. The Morgan fingerprint density at radius 1 is 1.39 bits per heavy atom. The number of amidine groups is 1. The van der Waals surface area contributed by atoms with Crippen molar-refractivity contribution in [3.05, 3.63) is 29.6 Å². The molecule has 28 heavy (non-hydrogen) atoms. The second kappa shape index (κ2) is 9.24. The monoisotopic (exact) mass is 393 g/mol. The van der Waals surface area contributed by atoms with Gasteiger partial charge in [0.05, 0.1) is 6.10 Å². The minimum Gasteiger partial charge on any atom is -0.477 e. The van der Waals surface area contributed by atoms with E-state index in [0.717, 1.165) is 0 Å². The lowest BCUT2D eigenvalue weighted by atomic mass is 10.0. The Labute approximate surface area is 161 Å². The molecule has 0 radical (unpaired) electrons. The van der Waals surface area contributed by atoms with Crippen LogP contribution in [0.2, 0.25) is 0 Å². The highest BCUT2D eigenvalue weighted by Crippen LogP contribution is 2.20. The van der Waals surface area contributed by atoms with Gasteiger partial charge in [-0.15, -0.1) is 0 Å². The number of aromatic nitrogens is 1. The summed E-state index contributed by atoms with van der Waals surface area (Å²) in [5, 5.41) is 26.5. The van der Waals surface area contributed by atoms with E-state index in [1.165, 1.54) is 25.3 Å². The third kappa shape index (κ3) is 4.61. The topological polar surface area (TPSA) is 176 Å². The highest BCUT2D eigenvalue weighted by atomic mass is 16.6. The number of Topliss-reactive ketones (excluding diaryl/α,β-unsaturated/α-hetero) is 1. The van der Waals surface area contributed by atoms with Crippen LogP contribution in [0.1, 0.15) is 42.2 Å². The zero-order valence-corrected chi connectivity index (χ0v) is 15.3. The summed E-state index contributed by atoms with van der Waals surface area (Å²) in [5.74, 6) is -3.47. The van der Waals surface area contributed by atoms with E-state index in [1.54, 1.807) is 0 Å². The van der Waals surface area contributed by atoms with Gasteiger partial charge in [0, 0.05) is 18.2 Å². The lowest BCUT2D eigenvalue weighted by molar-refractivity contribution is -0.185. The number of amides is 1. The van der Waals surface area contributed by atoms with E-state index in [1.807, 2.05) is 0 Å². The molecule has 0 saturated carbocycles. The number of hydrogen-bond acceptors (Lipinski definition) is 8. The van der Waals surface area contributed by atoms with Gasteiger partial charge in [0.1, 0.15) is 5.69 Å². The summed E-state index contributed by atoms with van der Waals surface area (Å²) in [4.78, 5) is 40.9. The number of ether oxygens (including phenoxy) is 1. The van der Waals surface area contributed by atoms with Gasteiger partial charge >= 0.3 is 11.7 Å². The van der Waals surface area contributed by atoms with E-state index in [2.05, 4.69) is 20.8 Å². The maximum atomic E-state index is 12.6. The van der Waals surface area contributed by atoms with E-state index < -0.39 is 29.5 Å². The Kier molecular flexibility index (Phi) is 7.01. The van der Waals surface area contributed by atoms with E-state index in [9.17, 15) is 19.5 Å². The molecule has 152 valence electrons. The molecule has 1 atom stereocenters. The summed E-state index contributed by atoms with van der Waals surface area (Å²) in [7, 11) is 0. The summed E-state index contributed by atoms with van der Waals surface area (Å²) >= 11 is 0. The number of rotatable bonds is 8. The molecule has 1 unspecified atom stereocenters. The van der Waals surface area contributed by atoms with Crippen molar-refractivity contribution < 1.29 is 29.4 Å². The number of oxime groups is 1. The number of piperidine rings is 1. The number of nitrogens with one attached hydrogen (secondary N) is 2. The lowest BCUT2D eigenvalue weighted by Crippen LogP contribution is -2.63. The summed E-state index contributed by atoms with van der Waals surface area (Å²) in [6, 6.07) is 2.63. The molecule has 11 heteroatoms. The van der Waals surface area contributed by atoms with Crippen LogP contribution >= 0.6 is 0 Å². The number of carboxylic acid groups (broad SMARTS) is 1. The number of carbonyl (C=O) groups is 3. The molecular formula is C17H23N5O6. The van der Waals surface area contributed by atoms with Crippen LogP contribution in [-0.2, 0) is 14.3 Å². The number of ketones is 1. The van der Waals surface area contributed by atoms with Crippen molar-refractivity contribution in [2.75, 3.05) is 13.1 Å². The molecule has 0 aromatic carbocycles. The molecule has 2 rings (SSSR count). The first-order valence-electron chi connectivity index (χ1n) is 8.75. The summed E-state index contributed by atoms with van der Waals surface area (Å²) in [6.45, 7) is 2.72. The van der Waals surface area contributed by atoms with Crippen LogP contribution in [0.5, 0.6) is 0 Å². The maximum absolute atomic E-state index is 12.6. The Balaban J connectivity index is 2.28. The largest absolute Gasteiger partial charge is 0.477 e. The Hall–Kier alpha value is -3.05. The number of carboxylic acids is 1. The normalized spacial score (nSPS) is 17.5. The van der Waals surface area contributed by atoms with Gasteiger partial charge in [-0.3, -0.25) is 14.6 Å². The zero-order valence-electron chi connectivity index (χ0n) is 15.3. The average molecular weight is 393 g/mol. The standard InChI is InChI=1S/C17H23N5O6/c1-2-13(23)17(16(25)26,28-11-5-7-19-8-6-11)21-15(24)12-4-3-10(9-20-12)14(18)22-27/h3-4,9,11,19,27H,2,5-8H2,1H3,(H2,18,22)(H,21,24)(H,25,26). The second-order valence-corrected chi connectivity index (χ2v) is 6.20. The fourth-order valence-electron chi connectivity index (χ4n) is 2.76. The Bertz CT molecular complexity index is 760. The van der Waals surface area contributed by atoms with Crippen molar-refractivity contribution >= 4 is 23.5 Å². The van der Waals surface area contributed by atoms with Gasteiger partial charge in [-0.2, -0.15) is 0 Å². The van der Waals surface area contributed by atoms with Crippen LogP contribution in [-0.4, -0.2) is 63.7 Å². The molecule has 6 N–H and O–H groups in total. The fraction of sp³-hybridized carbons (Fsp3) is 0.471. The highest BCUT2D eigenvalue weighted by Gasteiger charge is 2.50. The van der Waals surface area contributed by atoms with Crippen LogP contribution in [0.4, 0.5) is 0 Å². The number of aliphatic carboxylic acids is 1. The van der Waals surface area contributed by atoms with Gasteiger partial charge in [0.2, 0.25) is 0 Å². The molecule has 0 bridgehead atoms. The molecule has 1 aliphatic rings. The molecule has 1 amide bonds. The first-order valence-corrected chi connectivity index (χ1v) is 8.75. The van der Waals surface area contributed by atoms with E-state index >= 15 is 0 Å². The van der Waals surface area contributed by atoms with Crippen molar-refractivity contribution in [2.45, 2.75) is 38.0 Å². The van der Waals surface area contributed by atoms with E-state index in [0.29, 0.717) is 25.9 Å². The van der Waals surface area contributed by atoms with Crippen molar-refractivity contribution in [2.24, 2.45) is 10.9 Å². The zero-order chi connectivity index (χ0) is 20.7. The first kappa shape index (κ1) is 21.3. The van der Waals surface area contributed by atoms with Crippen LogP contribution < -0.4 is 16.4 Å². The molecule has 1 fully saturated rings. The van der Waals surface area contributed by atoms with Crippen LogP contribution in [0.3, 0.4) is 0 Å². The Morgan fingerprint density at radius 3 is 2.57 bits per heavy atom. The van der Waals surface area contributed by atoms with Gasteiger partial charge in [-0.1, -0.05) is 12.1 Å². The van der Waals surface area contributed by atoms with Crippen LogP contribution in [0.15, 0.2) is 23.5 Å². The van der Waals surface area contributed by atoms with Crippen LogP contribution in [0, 0.1) is 0 Å². The van der Waals surface area contributed by atoms with Gasteiger partial charge in [-0.25, -0.2) is 4.79 Å². The highest BCUT2D eigenvalue weighted by molar-refractivity contribution is 6.10. The number of nitrogens with zero attached hydrogens (tertiary/aromatic N) is 2. The summed E-state index contributed by atoms with van der Waals surface area (Å²) in [6.07, 6.45) is 1.56. The molecule has 1 aromatic rings. The number of hydrogen-bond donors (Lipinski definition) is 5. The van der Waals surface area contributed by atoms with Crippen molar-refractivity contribution in [1.82, 2.24) is 15.6 Å². The summed E-state index contributed by atoms with van der Waals surface area (Å²) in [5.41, 5.74) is 3.04. The van der Waals surface area contributed by atoms with Gasteiger partial charge in [-0.05, 0) is 38.1 Å². The van der Waals surface area contributed by atoms with Crippen molar-refractivity contribution in [1.29, 1.82) is 0 Å². The number of nitrogens with two attached hydrogens (primary N) is 1. The lowest BCUT2D eigenvalue weighted by Gasteiger charge is -2.34. The minimum absolute atomic E-state index is 0.145. The molecular weight excluding hydrogens is 370 g/mol. The van der Waals surface area contributed by atoms with E-state index in [4.69, 9.17) is 15.7 Å². The fourth-order valence-corrected chi connectivity index (χ4v) is 2.76. The second-order valence-electron chi connectivity index (χ2n) is 6.20. The molecule has 1 aliphatic heterocycles. The molecule has 2 heterocycles. The minimum atomic E-state index is -2.50.